The van der Waals surface area contributed by atoms with Crippen molar-refractivity contribution in [1.29, 1.82) is 0 Å². The maximum Gasteiger partial charge on any atom is 0.0963 e. The predicted molar refractivity (Wildman–Crippen MR) is 79.9 cm³/mol. The second kappa shape index (κ2) is 7.96. The molecule has 0 spiro atoms. The van der Waals surface area contributed by atoms with Crippen LogP contribution >= 0.6 is 15.9 Å². The van der Waals surface area contributed by atoms with Crippen LogP contribution < -0.4 is 0 Å². The first kappa shape index (κ1) is 15.7. The fourth-order valence-corrected chi connectivity index (χ4v) is 4.05. The lowest BCUT2D eigenvalue weighted by molar-refractivity contribution is -0.166. The third-order valence-electron chi connectivity index (χ3n) is 4.49. The summed E-state index contributed by atoms with van der Waals surface area (Å²) >= 11 is 3.67. The van der Waals surface area contributed by atoms with Gasteiger partial charge in [0.15, 0.2) is 0 Å². The van der Waals surface area contributed by atoms with E-state index < -0.39 is 0 Å². The number of ether oxygens (including phenoxy) is 3. The molecular formula is C15H27BrO3. The van der Waals surface area contributed by atoms with Gasteiger partial charge in [0.2, 0.25) is 0 Å². The van der Waals surface area contributed by atoms with Crippen molar-refractivity contribution < 1.29 is 14.2 Å². The molecule has 5 atom stereocenters. The van der Waals surface area contributed by atoms with Crippen molar-refractivity contribution >= 4 is 15.9 Å². The molecule has 5 unspecified atom stereocenters. The molecule has 0 heterocycles. The minimum Gasteiger partial charge on any atom is -0.382 e. The van der Waals surface area contributed by atoms with Crippen molar-refractivity contribution in [3.05, 3.63) is 0 Å². The van der Waals surface area contributed by atoms with Gasteiger partial charge in [0.25, 0.3) is 0 Å². The second-order valence-corrected chi connectivity index (χ2v) is 6.92. The van der Waals surface area contributed by atoms with Gasteiger partial charge in [-0.25, -0.2) is 0 Å². The summed E-state index contributed by atoms with van der Waals surface area (Å²) in [7, 11) is 1.71. The van der Waals surface area contributed by atoms with Crippen LogP contribution in [0.25, 0.3) is 0 Å². The normalized spacial score (nSPS) is 39.0. The largest absolute Gasteiger partial charge is 0.382 e. The van der Waals surface area contributed by atoms with Crippen LogP contribution in [0.15, 0.2) is 0 Å². The molecule has 112 valence electrons. The summed E-state index contributed by atoms with van der Waals surface area (Å²) < 4.78 is 17.2. The summed E-state index contributed by atoms with van der Waals surface area (Å²) in [6.45, 7) is 3.60. The predicted octanol–water partition coefficient (Wildman–Crippen LogP) is 3.54. The maximum absolute atomic E-state index is 6.35. The van der Waals surface area contributed by atoms with Crippen molar-refractivity contribution in [2.75, 3.05) is 20.3 Å². The van der Waals surface area contributed by atoms with Crippen LogP contribution in [0.2, 0.25) is 0 Å². The molecule has 0 saturated heterocycles. The highest BCUT2D eigenvalue weighted by atomic mass is 79.9. The third-order valence-corrected chi connectivity index (χ3v) is 5.39. The third kappa shape index (κ3) is 4.16. The van der Waals surface area contributed by atoms with Gasteiger partial charge in [-0.05, 0) is 25.2 Å². The Morgan fingerprint density at radius 3 is 2.58 bits per heavy atom. The van der Waals surface area contributed by atoms with E-state index in [4.69, 9.17) is 14.2 Å². The van der Waals surface area contributed by atoms with Gasteiger partial charge in [0.1, 0.15) is 0 Å². The maximum atomic E-state index is 6.35. The fraction of sp³-hybridized carbons (Fsp3) is 1.00. The first-order valence-corrected chi connectivity index (χ1v) is 8.57. The zero-order valence-electron chi connectivity index (χ0n) is 12.1. The van der Waals surface area contributed by atoms with E-state index in [1.54, 1.807) is 7.11 Å². The lowest BCUT2D eigenvalue weighted by atomic mass is 9.83. The highest BCUT2D eigenvalue weighted by molar-refractivity contribution is 9.09. The standard InChI is InChI=1S/C15H27BrO3/c1-3-11-6-4-5-7-13(11)19-14-10-12(16)15(14)18-9-8-17-2/h11-15H,3-10H2,1-2H3. The van der Waals surface area contributed by atoms with Crippen LogP contribution in [0.3, 0.4) is 0 Å². The smallest absolute Gasteiger partial charge is 0.0963 e. The van der Waals surface area contributed by atoms with Crippen molar-refractivity contribution in [2.24, 2.45) is 5.92 Å². The average Bonchev–Trinajstić information content (AvgIpc) is 2.43. The van der Waals surface area contributed by atoms with Gasteiger partial charge in [0, 0.05) is 11.9 Å². The van der Waals surface area contributed by atoms with E-state index in [2.05, 4.69) is 22.9 Å². The first-order chi connectivity index (χ1) is 9.26. The van der Waals surface area contributed by atoms with E-state index in [9.17, 15) is 0 Å². The minimum absolute atomic E-state index is 0.203. The molecule has 0 bridgehead atoms. The van der Waals surface area contributed by atoms with Gasteiger partial charge in [0.05, 0.1) is 31.5 Å². The lowest BCUT2D eigenvalue weighted by Gasteiger charge is -2.44. The Balaban J connectivity index is 1.77. The minimum atomic E-state index is 0.203. The molecule has 0 N–H and O–H groups in total. The summed E-state index contributed by atoms with van der Waals surface area (Å²) in [5.74, 6) is 0.753. The monoisotopic (exact) mass is 334 g/mol. The van der Waals surface area contributed by atoms with Crippen LogP contribution in [-0.4, -0.2) is 43.5 Å². The number of hydrogen-bond donors (Lipinski definition) is 0. The molecular weight excluding hydrogens is 308 g/mol. The Morgan fingerprint density at radius 1 is 1.11 bits per heavy atom. The lowest BCUT2D eigenvalue weighted by Crippen LogP contribution is -2.53. The van der Waals surface area contributed by atoms with E-state index in [1.165, 1.54) is 32.1 Å². The van der Waals surface area contributed by atoms with Gasteiger partial charge < -0.3 is 14.2 Å². The van der Waals surface area contributed by atoms with Crippen LogP contribution in [0, 0.1) is 5.92 Å². The molecule has 0 aromatic heterocycles. The number of alkyl halides is 1. The summed E-state index contributed by atoms with van der Waals surface area (Å²) in [6, 6.07) is 0. The fourth-order valence-electron chi connectivity index (χ4n) is 3.18. The molecule has 0 radical (unpaired) electrons. The van der Waals surface area contributed by atoms with Crippen molar-refractivity contribution in [3.63, 3.8) is 0 Å². The van der Waals surface area contributed by atoms with E-state index in [0.717, 1.165) is 12.3 Å². The van der Waals surface area contributed by atoms with E-state index in [-0.39, 0.29) is 12.2 Å². The SMILES string of the molecule is CCC1CCCCC1OC1CC(Br)C1OCCOC. The molecule has 2 fully saturated rings. The molecule has 2 saturated carbocycles. The topological polar surface area (TPSA) is 27.7 Å². The van der Waals surface area contributed by atoms with Crippen LogP contribution in [0.5, 0.6) is 0 Å². The Labute approximate surface area is 125 Å². The molecule has 2 aliphatic rings. The van der Waals surface area contributed by atoms with Gasteiger partial charge in [-0.3, -0.25) is 0 Å². The van der Waals surface area contributed by atoms with Crippen molar-refractivity contribution in [1.82, 2.24) is 0 Å². The van der Waals surface area contributed by atoms with Crippen LogP contribution in [-0.2, 0) is 14.2 Å². The Kier molecular flexibility index (Phi) is 6.60. The van der Waals surface area contributed by atoms with Crippen LogP contribution in [0.1, 0.15) is 45.4 Å². The molecule has 0 amide bonds. The van der Waals surface area contributed by atoms with Gasteiger partial charge in [-0.1, -0.05) is 42.1 Å². The highest BCUT2D eigenvalue weighted by Crippen LogP contribution is 2.38. The number of hydrogen-bond acceptors (Lipinski definition) is 3. The summed E-state index contributed by atoms with van der Waals surface area (Å²) in [5.41, 5.74) is 0. The van der Waals surface area contributed by atoms with E-state index in [0.29, 0.717) is 24.1 Å². The zero-order valence-corrected chi connectivity index (χ0v) is 13.7. The molecule has 19 heavy (non-hydrogen) atoms. The number of rotatable bonds is 7. The summed E-state index contributed by atoms with van der Waals surface area (Å²) in [6.07, 6.45) is 8.51. The van der Waals surface area contributed by atoms with Gasteiger partial charge >= 0.3 is 0 Å². The summed E-state index contributed by atoms with van der Waals surface area (Å²) in [4.78, 5) is 0.443. The molecule has 0 aromatic rings. The number of methoxy groups -OCH3 is 1. The highest BCUT2D eigenvalue weighted by Gasteiger charge is 2.43. The van der Waals surface area contributed by atoms with Gasteiger partial charge in [-0.15, -0.1) is 0 Å². The Hall–Kier alpha value is 0.360. The second-order valence-electron chi connectivity index (χ2n) is 5.75. The molecule has 4 heteroatoms. The van der Waals surface area contributed by atoms with Crippen molar-refractivity contribution in [2.45, 2.75) is 68.6 Å². The van der Waals surface area contributed by atoms with Crippen molar-refractivity contribution in [3.8, 4) is 0 Å². The van der Waals surface area contributed by atoms with Crippen LogP contribution in [0.4, 0.5) is 0 Å². The average molecular weight is 335 g/mol. The molecule has 2 rings (SSSR count). The molecule has 0 aliphatic heterocycles. The van der Waals surface area contributed by atoms with E-state index >= 15 is 0 Å². The van der Waals surface area contributed by atoms with E-state index in [1.807, 2.05) is 0 Å². The quantitative estimate of drug-likeness (QED) is 0.526. The summed E-state index contributed by atoms with van der Waals surface area (Å²) in [5, 5.41) is 0. The van der Waals surface area contributed by atoms with Gasteiger partial charge in [-0.2, -0.15) is 0 Å². The first-order valence-electron chi connectivity index (χ1n) is 7.66. The molecule has 3 nitrogen and oxygen atoms in total. The molecule has 2 aliphatic carbocycles. The number of halogens is 1. The Morgan fingerprint density at radius 2 is 1.89 bits per heavy atom. The molecule has 0 aromatic carbocycles. The zero-order chi connectivity index (χ0) is 13.7. The Bertz CT molecular complexity index is 262.